The Balaban J connectivity index is 2.27. The quantitative estimate of drug-likeness (QED) is 0.246. The number of hydrogen-bond acceptors (Lipinski definition) is 7. The van der Waals surface area contributed by atoms with Crippen LogP contribution in [0.1, 0.15) is 12.5 Å². The van der Waals surface area contributed by atoms with Crippen LogP contribution in [-0.2, 0) is 4.79 Å². The predicted molar refractivity (Wildman–Crippen MR) is 101 cm³/mol. The highest BCUT2D eigenvalue weighted by Crippen LogP contribution is 2.30. The Labute approximate surface area is 160 Å². The van der Waals surface area contributed by atoms with Crippen LogP contribution in [0.2, 0.25) is 0 Å². The summed E-state index contributed by atoms with van der Waals surface area (Å²) in [5, 5.41) is 32.2. The van der Waals surface area contributed by atoms with E-state index in [-0.39, 0.29) is 16.9 Å². The number of non-ortho nitro benzene ring substituents is 1. The zero-order chi connectivity index (χ0) is 20.7. The van der Waals surface area contributed by atoms with Crippen molar-refractivity contribution in [3.05, 3.63) is 57.6 Å². The number of anilines is 1. The molecular weight excluding hydrogens is 366 g/mol. The van der Waals surface area contributed by atoms with Gasteiger partial charge in [0.25, 0.3) is 11.6 Å². The fourth-order valence-corrected chi connectivity index (χ4v) is 2.30. The van der Waals surface area contributed by atoms with Gasteiger partial charge in [-0.2, -0.15) is 5.26 Å². The van der Waals surface area contributed by atoms with Crippen LogP contribution in [0.3, 0.4) is 0 Å². The van der Waals surface area contributed by atoms with Crippen LogP contribution in [0.15, 0.2) is 42.0 Å². The van der Waals surface area contributed by atoms with E-state index in [0.717, 1.165) is 12.1 Å². The molecule has 28 heavy (non-hydrogen) atoms. The number of nitriles is 1. The van der Waals surface area contributed by atoms with E-state index in [1.165, 1.54) is 19.3 Å². The fraction of sp³-hybridized carbons (Fsp3) is 0.158. The first kappa shape index (κ1) is 20.3. The number of ether oxygens (including phenoxy) is 2. The first-order valence-electron chi connectivity index (χ1n) is 8.11. The lowest BCUT2D eigenvalue weighted by atomic mass is 10.1. The SMILES string of the molecule is CCOc1cc(/C=C(/C#N)C(=O)Nc2ccc([N+](=O)[O-])cc2O)ccc1OC. The molecule has 0 saturated heterocycles. The Morgan fingerprint density at radius 3 is 2.64 bits per heavy atom. The van der Waals surface area contributed by atoms with Crippen LogP contribution in [0.5, 0.6) is 17.2 Å². The lowest BCUT2D eigenvalue weighted by Crippen LogP contribution is -2.13. The van der Waals surface area contributed by atoms with Crippen molar-refractivity contribution in [2.24, 2.45) is 0 Å². The molecule has 2 aromatic rings. The van der Waals surface area contributed by atoms with E-state index in [0.29, 0.717) is 23.7 Å². The number of nitro benzene ring substituents is 1. The molecule has 0 radical (unpaired) electrons. The summed E-state index contributed by atoms with van der Waals surface area (Å²) in [5.74, 6) is -0.287. The number of carbonyl (C=O) groups is 1. The summed E-state index contributed by atoms with van der Waals surface area (Å²) in [6.45, 7) is 2.22. The number of amides is 1. The Morgan fingerprint density at radius 2 is 2.07 bits per heavy atom. The van der Waals surface area contributed by atoms with Gasteiger partial charge in [0.05, 0.1) is 30.4 Å². The van der Waals surface area contributed by atoms with E-state index in [1.807, 2.05) is 6.92 Å². The minimum Gasteiger partial charge on any atom is -0.506 e. The summed E-state index contributed by atoms with van der Waals surface area (Å²) in [7, 11) is 1.50. The van der Waals surface area contributed by atoms with Crippen molar-refractivity contribution >= 4 is 23.4 Å². The van der Waals surface area contributed by atoms with E-state index < -0.39 is 16.6 Å². The third-order valence-electron chi connectivity index (χ3n) is 3.60. The molecule has 144 valence electrons. The van der Waals surface area contributed by atoms with Crippen molar-refractivity contribution in [1.82, 2.24) is 0 Å². The Hall–Kier alpha value is -4.06. The molecule has 0 aliphatic heterocycles. The molecule has 0 bridgehead atoms. The van der Waals surface area contributed by atoms with Crippen LogP contribution in [0.25, 0.3) is 6.08 Å². The highest BCUT2D eigenvalue weighted by molar-refractivity contribution is 6.10. The third kappa shape index (κ3) is 4.76. The number of phenols is 1. The molecule has 0 saturated carbocycles. The number of nitrogens with one attached hydrogen (secondary N) is 1. The van der Waals surface area contributed by atoms with Crippen LogP contribution < -0.4 is 14.8 Å². The highest BCUT2D eigenvalue weighted by atomic mass is 16.6. The van der Waals surface area contributed by atoms with Crippen molar-refractivity contribution in [2.75, 3.05) is 19.0 Å². The Kier molecular flexibility index (Phi) is 6.54. The number of nitrogens with zero attached hydrogens (tertiary/aromatic N) is 2. The first-order valence-corrected chi connectivity index (χ1v) is 8.11. The van der Waals surface area contributed by atoms with Crippen LogP contribution in [-0.4, -0.2) is 29.7 Å². The fourth-order valence-electron chi connectivity index (χ4n) is 2.30. The average molecular weight is 383 g/mol. The molecular formula is C19H17N3O6. The van der Waals surface area contributed by atoms with Gasteiger partial charge in [0, 0.05) is 6.07 Å². The molecule has 0 heterocycles. The average Bonchev–Trinajstić information content (AvgIpc) is 2.67. The van der Waals surface area contributed by atoms with Gasteiger partial charge in [-0.15, -0.1) is 0 Å². The van der Waals surface area contributed by atoms with Gasteiger partial charge in [-0.25, -0.2) is 0 Å². The maximum atomic E-state index is 12.3. The standard InChI is InChI=1S/C19H17N3O6/c1-3-28-18-9-12(4-7-17(18)27-2)8-13(11-20)19(24)21-15-6-5-14(22(25)26)10-16(15)23/h4-10,23H,3H2,1-2H3,(H,21,24)/b13-8-. The number of benzene rings is 2. The van der Waals surface area contributed by atoms with E-state index in [4.69, 9.17) is 9.47 Å². The van der Waals surface area contributed by atoms with Crippen molar-refractivity contribution in [2.45, 2.75) is 6.92 Å². The number of methoxy groups -OCH3 is 1. The summed E-state index contributed by atoms with van der Waals surface area (Å²) < 4.78 is 10.6. The number of phenolic OH excluding ortho intramolecular Hbond substituents is 1. The van der Waals surface area contributed by atoms with Gasteiger partial charge < -0.3 is 19.9 Å². The van der Waals surface area contributed by atoms with E-state index in [1.54, 1.807) is 24.3 Å². The van der Waals surface area contributed by atoms with E-state index in [9.17, 15) is 25.3 Å². The lowest BCUT2D eigenvalue weighted by Gasteiger charge is -2.10. The van der Waals surface area contributed by atoms with Gasteiger partial charge in [0.2, 0.25) is 0 Å². The minimum absolute atomic E-state index is 0.0542. The molecule has 0 spiro atoms. The molecule has 9 heteroatoms. The second kappa shape index (κ2) is 9.05. The third-order valence-corrected chi connectivity index (χ3v) is 3.60. The summed E-state index contributed by atoms with van der Waals surface area (Å²) in [5.41, 5.74) is -0.0797. The monoisotopic (exact) mass is 383 g/mol. The van der Waals surface area contributed by atoms with Gasteiger partial charge in [0.15, 0.2) is 11.5 Å². The summed E-state index contributed by atoms with van der Waals surface area (Å²) >= 11 is 0. The van der Waals surface area contributed by atoms with Crippen LogP contribution in [0, 0.1) is 21.4 Å². The van der Waals surface area contributed by atoms with Crippen molar-refractivity contribution < 1.29 is 24.3 Å². The normalized spacial score (nSPS) is 10.7. The molecule has 2 rings (SSSR count). The molecule has 1 amide bonds. The smallest absolute Gasteiger partial charge is 0.273 e. The molecule has 0 aliphatic carbocycles. The van der Waals surface area contributed by atoms with Crippen molar-refractivity contribution in [1.29, 1.82) is 5.26 Å². The molecule has 0 atom stereocenters. The summed E-state index contributed by atoms with van der Waals surface area (Å²) in [6.07, 6.45) is 1.35. The predicted octanol–water partition coefficient (Wildman–Crippen LogP) is 3.25. The molecule has 0 fully saturated rings. The van der Waals surface area contributed by atoms with E-state index in [2.05, 4.69) is 5.32 Å². The number of rotatable bonds is 7. The maximum absolute atomic E-state index is 12.3. The van der Waals surface area contributed by atoms with Crippen molar-refractivity contribution in [3.63, 3.8) is 0 Å². The largest absolute Gasteiger partial charge is 0.506 e. The highest BCUT2D eigenvalue weighted by Gasteiger charge is 2.15. The molecule has 2 aromatic carbocycles. The topological polar surface area (TPSA) is 135 Å². The lowest BCUT2D eigenvalue weighted by molar-refractivity contribution is -0.384. The molecule has 0 aromatic heterocycles. The number of hydrogen-bond donors (Lipinski definition) is 2. The second-order valence-electron chi connectivity index (χ2n) is 5.43. The first-order chi connectivity index (χ1) is 13.4. The maximum Gasteiger partial charge on any atom is 0.273 e. The number of carbonyl (C=O) groups excluding carboxylic acids is 1. The van der Waals surface area contributed by atoms with Crippen molar-refractivity contribution in [3.8, 4) is 23.3 Å². The van der Waals surface area contributed by atoms with E-state index >= 15 is 0 Å². The molecule has 0 unspecified atom stereocenters. The summed E-state index contributed by atoms with van der Waals surface area (Å²) in [6, 6.07) is 9.92. The van der Waals surface area contributed by atoms with Gasteiger partial charge >= 0.3 is 0 Å². The van der Waals surface area contributed by atoms with Crippen LogP contribution in [0.4, 0.5) is 11.4 Å². The minimum atomic E-state index is -0.777. The number of aromatic hydroxyl groups is 1. The number of nitro groups is 1. The second-order valence-corrected chi connectivity index (χ2v) is 5.43. The molecule has 2 N–H and O–H groups in total. The van der Waals surface area contributed by atoms with Gasteiger partial charge in [-0.3, -0.25) is 14.9 Å². The Morgan fingerprint density at radius 1 is 1.32 bits per heavy atom. The zero-order valence-electron chi connectivity index (χ0n) is 15.1. The Bertz CT molecular complexity index is 978. The van der Waals surface area contributed by atoms with Gasteiger partial charge in [-0.05, 0) is 36.8 Å². The van der Waals surface area contributed by atoms with Gasteiger partial charge in [0.1, 0.15) is 17.4 Å². The zero-order valence-corrected chi connectivity index (χ0v) is 15.1. The molecule has 0 aliphatic rings. The van der Waals surface area contributed by atoms with Crippen LogP contribution >= 0.6 is 0 Å². The summed E-state index contributed by atoms with van der Waals surface area (Å²) in [4.78, 5) is 22.4. The molecule has 9 nitrogen and oxygen atoms in total. The van der Waals surface area contributed by atoms with Gasteiger partial charge in [-0.1, -0.05) is 6.07 Å².